The van der Waals surface area contributed by atoms with E-state index in [-0.39, 0.29) is 12.8 Å². The fourth-order valence-corrected chi connectivity index (χ4v) is 2.45. The Morgan fingerprint density at radius 3 is 2.65 bits per heavy atom. The molecule has 0 bridgehead atoms. The molecule has 6 heteroatoms. The number of anilines is 1. The third-order valence-electron chi connectivity index (χ3n) is 3.57. The van der Waals surface area contributed by atoms with E-state index in [1.54, 1.807) is 29.2 Å². The van der Waals surface area contributed by atoms with E-state index in [0.717, 1.165) is 17.1 Å². The van der Waals surface area contributed by atoms with Gasteiger partial charge in [-0.05, 0) is 48.9 Å². The minimum atomic E-state index is -0.160. The molecule has 0 atom stereocenters. The molecule has 0 aliphatic carbocycles. The quantitative estimate of drug-likeness (QED) is 0.916. The van der Waals surface area contributed by atoms with Crippen LogP contribution in [0.3, 0.4) is 0 Å². The van der Waals surface area contributed by atoms with Crippen LogP contribution in [0.1, 0.15) is 12.5 Å². The number of hydrogen-bond acceptors (Lipinski definition) is 3. The minimum Gasteiger partial charge on any atom is -0.454 e. The van der Waals surface area contributed by atoms with Crippen LogP contribution in [0.15, 0.2) is 42.5 Å². The molecule has 0 fully saturated rings. The Morgan fingerprint density at radius 1 is 1.17 bits per heavy atom. The number of carbonyl (C=O) groups excluding carboxylic acids is 1. The van der Waals surface area contributed by atoms with Gasteiger partial charge in [-0.2, -0.15) is 0 Å². The second-order valence-electron chi connectivity index (χ2n) is 5.14. The molecule has 1 aliphatic heterocycles. The number of hydrogen-bond donors (Lipinski definition) is 1. The summed E-state index contributed by atoms with van der Waals surface area (Å²) >= 11 is 5.85. The van der Waals surface area contributed by atoms with E-state index in [0.29, 0.717) is 23.8 Å². The maximum atomic E-state index is 12.4. The van der Waals surface area contributed by atoms with Crippen molar-refractivity contribution in [1.29, 1.82) is 0 Å². The van der Waals surface area contributed by atoms with Gasteiger partial charge < -0.3 is 19.7 Å². The van der Waals surface area contributed by atoms with E-state index < -0.39 is 0 Å². The summed E-state index contributed by atoms with van der Waals surface area (Å²) in [7, 11) is 0. The molecule has 1 N–H and O–H groups in total. The summed E-state index contributed by atoms with van der Waals surface area (Å²) in [5, 5.41) is 3.50. The van der Waals surface area contributed by atoms with Gasteiger partial charge in [0.25, 0.3) is 0 Å². The fraction of sp³-hybridized carbons (Fsp3) is 0.235. The Balaban J connectivity index is 1.67. The standard InChI is InChI=1S/C17H17ClN2O3/c1-2-20(17(21)19-14-6-4-13(18)5-7-14)10-12-3-8-15-16(9-12)23-11-22-15/h3-9H,2,10-11H2,1H3,(H,19,21). The lowest BCUT2D eigenvalue weighted by atomic mass is 10.2. The number of fused-ring (bicyclic) bond motifs is 1. The number of rotatable bonds is 4. The maximum absolute atomic E-state index is 12.4. The molecule has 1 aliphatic rings. The first-order valence-electron chi connectivity index (χ1n) is 7.35. The van der Waals surface area contributed by atoms with Crippen molar-refractivity contribution in [2.75, 3.05) is 18.7 Å². The highest BCUT2D eigenvalue weighted by Gasteiger charge is 2.16. The van der Waals surface area contributed by atoms with E-state index in [1.807, 2.05) is 25.1 Å². The first-order valence-corrected chi connectivity index (χ1v) is 7.73. The lowest BCUT2D eigenvalue weighted by Gasteiger charge is -2.21. The molecule has 3 rings (SSSR count). The number of urea groups is 1. The lowest BCUT2D eigenvalue weighted by molar-refractivity contribution is 0.174. The predicted molar refractivity (Wildman–Crippen MR) is 89.1 cm³/mol. The van der Waals surface area contributed by atoms with E-state index in [1.165, 1.54) is 0 Å². The van der Waals surface area contributed by atoms with Gasteiger partial charge in [0.1, 0.15) is 0 Å². The van der Waals surface area contributed by atoms with Gasteiger partial charge in [-0.15, -0.1) is 0 Å². The number of benzene rings is 2. The van der Waals surface area contributed by atoms with Crippen LogP contribution in [-0.4, -0.2) is 24.3 Å². The minimum absolute atomic E-state index is 0.160. The predicted octanol–water partition coefficient (Wildman–Crippen LogP) is 4.12. The Kier molecular flexibility index (Phi) is 4.57. The monoisotopic (exact) mass is 332 g/mol. The Bertz CT molecular complexity index is 703. The summed E-state index contributed by atoms with van der Waals surface area (Å²) in [4.78, 5) is 14.1. The second kappa shape index (κ2) is 6.79. The van der Waals surface area contributed by atoms with Crippen molar-refractivity contribution in [1.82, 2.24) is 4.90 Å². The topological polar surface area (TPSA) is 50.8 Å². The fourth-order valence-electron chi connectivity index (χ4n) is 2.32. The maximum Gasteiger partial charge on any atom is 0.322 e. The molecule has 0 saturated heterocycles. The molecule has 0 radical (unpaired) electrons. The summed E-state index contributed by atoms with van der Waals surface area (Å²) in [5.74, 6) is 1.46. The second-order valence-corrected chi connectivity index (χ2v) is 5.58. The molecule has 0 saturated carbocycles. The van der Waals surface area contributed by atoms with Crippen LogP contribution in [0.2, 0.25) is 5.02 Å². The lowest BCUT2D eigenvalue weighted by Crippen LogP contribution is -2.34. The zero-order valence-corrected chi connectivity index (χ0v) is 13.5. The van der Waals surface area contributed by atoms with Gasteiger partial charge in [0.2, 0.25) is 6.79 Å². The zero-order chi connectivity index (χ0) is 16.2. The van der Waals surface area contributed by atoms with Gasteiger partial charge in [0.15, 0.2) is 11.5 Å². The first-order chi connectivity index (χ1) is 11.2. The smallest absolute Gasteiger partial charge is 0.322 e. The van der Waals surface area contributed by atoms with Crippen molar-refractivity contribution in [3.8, 4) is 11.5 Å². The molecule has 120 valence electrons. The first kappa shape index (κ1) is 15.5. The van der Waals surface area contributed by atoms with Crippen LogP contribution in [0.5, 0.6) is 11.5 Å². The molecule has 1 heterocycles. The van der Waals surface area contributed by atoms with E-state index in [4.69, 9.17) is 21.1 Å². The highest BCUT2D eigenvalue weighted by molar-refractivity contribution is 6.30. The molecule has 0 unspecified atom stereocenters. The number of nitrogens with zero attached hydrogens (tertiary/aromatic N) is 1. The van der Waals surface area contributed by atoms with Gasteiger partial charge in [0.05, 0.1) is 0 Å². The average molecular weight is 333 g/mol. The molecule has 5 nitrogen and oxygen atoms in total. The van der Waals surface area contributed by atoms with E-state index >= 15 is 0 Å². The summed E-state index contributed by atoms with van der Waals surface area (Å²) < 4.78 is 10.7. The van der Waals surface area contributed by atoms with Crippen molar-refractivity contribution in [2.24, 2.45) is 0 Å². The van der Waals surface area contributed by atoms with Crippen LogP contribution in [-0.2, 0) is 6.54 Å². The van der Waals surface area contributed by atoms with E-state index in [2.05, 4.69) is 5.32 Å². The normalized spacial score (nSPS) is 12.1. The SMILES string of the molecule is CCN(Cc1ccc2c(c1)OCO2)C(=O)Nc1ccc(Cl)cc1. The van der Waals surface area contributed by atoms with Crippen LogP contribution < -0.4 is 14.8 Å². The Labute approximate surface area is 139 Å². The summed E-state index contributed by atoms with van der Waals surface area (Å²) in [6.45, 7) is 3.27. The van der Waals surface area contributed by atoms with Crippen molar-refractivity contribution < 1.29 is 14.3 Å². The number of amides is 2. The highest BCUT2D eigenvalue weighted by Crippen LogP contribution is 2.32. The van der Waals surface area contributed by atoms with Crippen LogP contribution in [0.25, 0.3) is 0 Å². The number of carbonyl (C=O) groups is 1. The average Bonchev–Trinajstić information content (AvgIpc) is 3.02. The molecule has 0 aromatic heterocycles. The summed E-state index contributed by atoms with van der Waals surface area (Å²) in [5.41, 5.74) is 1.70. The molecule has 0 spiro atoms. The van der Waals surface area contributed by atoms with Crippen molar-refractivity contribution in [3.05, 3.63) is 53.1 Å². The van der Waals surface area contributed by atoms with Crippen molar-refractivity contribution >= 4 is 23.3 Å². The van der Waals surface area contributed by atoms with Gasteiger partial charge in [-0.25, -0.2) is 4.79 Å². The summed E-state index contributed by atoms with van der Waals surface area (Å²) in [6, 6.07) is 12.6. The van der Waals surface area contributed by atoms with Crippen LogP contribution in [0.4, 0.5) is 10.5 Å². The van der Waals surface area contributed by atoms with Crippen molar-refractivity contribution in [2.45, 2.75) is 13.5 Å². The molecular weight excluding hydrogens is 316 g/mol. The van der Waals surface area contributed by atoms with Crippen molar-refractivity contribution in [3.63, 3.8) is 0 Å². The molecule has 2 amide bonds. The Morgan fingerprint density at radius 2 is 1.91 bits per heavy atom. The number of ether oxygens (including phenoxy) is 2. The highest BCUT2D eigenvalue weighted by atomic mass is 35.5. The molecule has 2 aromatic rings. The van der Waals surface area contributed by atoms with Gasteiger partial charge in [0, 0.05) is 23.8 Å². The Hall–Kier alpha value is -2.40. The molecular formula is C17H17ClN2O3. The largest absolute Gasteiger partial charge is 0.454 e. The number of halogens is 1. The zero-order valence-electron chi connectivity index (χ0n) is 12.7. The van der Waals surface area contributed by atoms with Gasteiger partial charge in [-0.1, -0.05) is 17.7 Å². The molecule has 2 aromatic carbocycles. The van der Waals surface area contributed by atoms with Gasteiger partial charge in [-0.3, -0.25) is 0 Å². The van der Waals surface area contributed by atoms with Crippen LogP contribution in [0, 0.1) is 0 Å². The summed E-state index contributed by atoms with van der Waals surface area (Å²) in [6.07, 6.45) is 0. The van der Waals surface area contributed by atoms with E-state index in [9.17, 15) is 4.79 Å². The van der Waals surface area contributed by atoms with Crippen LogP contribution >= 0.6 is 11.6 Å². The molecule has 23 heavy (non-hydrogen) atoms. The van der Waals surface area contributed by atoms with Gasteiger partial charge >= 0.3 is 6.03 Å². The third kappa shape index (κ3) is 3.68. The number of nitrogens with one attached hydrogen (secondary N) is 1. The third-order valence-corrected chi connectivity index (χ3v) is 3.83.